The van der Waals surface area contributed by atoms with Crippen molar-refractivity contribution in [3.63, 3.8) is 0 Å². The van der Waals surface area contributed by atoms with Crippen molar-refractivity contribution in [2.45, 2.75) is 91.0 Å². The normalized spacial score (nSPS) is 20.0. The van der Waals surface area contributed by atoms with Crippen LogP contribution in [0.15, 0.2) is 18.2 Å². The quantitative estimate of drug-likeness (QED) is 0.523. The minimum atomic E-state index is 0.281. The topological polar surface area (TPSA) is 3.24 Å². The Morgan fingerprint density at radius 2 is 1.77 bits per heavy atom. The number of benzene rings is 1. The van der Waals surface area contributed by atoms with Crippen LogP contribution in [0.1, 0.15) is 89.7 Å². The van der Waals surface area contributed by atoms with Crippen molar-refractivity contribution in [1.29, 1.82) is 0 Å². The van der Waals surface area contributed by atoms with Crippen molar-refractivity contribution in [3.05, 3.63) is 29.3 Å². The fourth-order valence-corrected chi connectivity index (χ4v) is 4.07. The average molecular weight is 302 g/mol. The molecule has 0 N–H and O–H groups in total. The summed E-state index contributed by atoms with van der Waals surface area (Å²) in [5.74, 6) is 0.673. The zero-order valence-corrected chi connectivity index (χ0v) is 15.4. The first-order valence-electron chi connectivity index (χ1n) is 9.34. The molecule has 1 unspecified atom stereocenters. The minimum Gasteiger partial charge on any atom is -0.366 e. The van der Waals surface area contributed by atoms with Gasteiger partial charge in [-0.2, -0.15) is 0 Å². The Morgan fingerprint density at radius 1 is 1.09 bits per heavy atom. The first-order valence-corrected chi connectivity index (χ1v) is 9.34. The molecule has 1 atom stereocenters. The smallest absolute Gasteiger partial charge is 0.0408 e. The van der Waals surface area contributed by atoms with Gasteiger partial charge in [-0.25, -0.2) is 0 Å². The van der Waals surface area contributed by atoms with Gasteiger partial charge in [0.15, 0.2) is 0 Å². The SMILES string of the molecule is CCCCCCCCN1c2cc(C)ccc2C(C)CC1(C)C. The lowest BCUT2D eigenvalue weighted by atomic mass is 9.79. The summed E-state index contributed by atoms with van der Waals surface area (Å²) in [5.41, 5.74) is 4.72. The van der Waals surface area contributed by atoms with Crippen LogP contribution in [0.5, 0.6) is 0 Å². The molecule has 0 radical (unpaired) electrons. The number of anilines is 1. The van der Waals surface area contributed by atoms with E-state index in [1.807, 2.05) is 0 Å². The van der Waals surface area contributed by atoms with Crippen LogP contribution in [-0.4, -0.2) is 12.1 Å². The van der Waals surface area contributed by atoms with Crippen LogP contribution in [-0.2, 0) is 0 Å². The number of hydrogen-bond acceptors (Lipinski definition) is 1. The number of rotatable bonds is 7. The van der Waals surface area contributed by atoms with Crippen molar-refractivity contribution < 1.29 is 0 Å². The average Bonchev–Trinajstić information content (AvgIpc) is 2.44. The van der Waals surface area contributed by atoms with Gasteiger partial charge in [-0.1, -0.05) is 58.1 Å². The molecule has 1 aromatic carbocycles. The fourth-order valence-electron chi connectivity index (χ4n) is 4.07. The first-order chi connectivity index (χ1) is 10.5. The molecule has 0 aliphatic carbocycles. The van der Waals surface area contributed by atoms with Crippen LogP contribution >= 0.6 is 0 Å². The molecule has 1 aliphatic rings. The maximum Gasteiger partial charge on any atom is 0.0408 e. The highest BCUT2D eigenvalue weighted by Crippen LogP contribution is 2.43. The van der Waals surface area contributed by atoms with E-state index in [1.165, 1.54) is 62.7 Å². The van der Waals surface area contributed by atoms with Gasteiger partial charge in [0.25, 0.3) is 0 Å². The molecule has 0 aromatic heterocycles. The van der Waals surface area contributed by atoms with Gasteiger partial charge in [-0.15, -0.1) is 0 Å². The molecule has 1 nitrogen and oxygen atoms in total. The summed E-state index contributed by atoms with van der Waals surface area (Å²) < 4.78 is 0. The summed E-state index contributed by atoms with van der Waals surface area (Å²) in [6, 6.07) is 7.04. The van der Waals surface area contributed by atoms with Gasteiger partial charge in [0.05, 0.1) is 0 Å². The van der Waals surface area contributed by atoms with E-state index in [-0.39, 0.29) is 5.54 Å². The van der Waals surface area contributed by atoms with Crippen molar-refractivity contribution in [1.82, 2.24) is 0 Å². The molecular formula is C21H35N. The van der Waals surface area contributed by atoms with Crippen molar-refractivity contribution in [3.8, 4) is 0 Å². The number of nitrogens with zero attached hydrogens (tertiary/aromatic N) is 1. The zero-order valence-electron chi connectivity index (χ0n) is 15.4. The van der Waals surface area contributed by atoms with Crippen molar-refractivity contribution in [2.24, 2.45) is 0 Å². The lowest BCUT2D eigenvalue weighted by Gasteiger charge is -2.48. The van der Waals surface area contributed by atoms with E-state index in [0.717, 1.165) is 0 Å². The van der Waals surface area contributed by atoms with Crippen LogP contribution in [0.3, 0.4) is 0 Å². The second-order valence-electron chi connectivity index (χ2n) is 7.90. The summed E-state index contributed by atoms with van der Waals surface area (Å²) in [7, 11) is 0. The molecule has 22 heavy (non-hydrogen) atoms. The van der Waals surface area contributed by atoms with Gasteiger partial charge in [0.2, 0.25) is 0 Å². The second kappa shape index (κ2) is 7.53. The van der Waals surface area contributed by atoms with E-state index in [4.69, 9.17) is 0 Å². The highest BCUT2D eigenvalue weighted by Gasteiger charge is 2.35. The standard InChI is InChI=1S/C21H35N/c1-6-7-8-9-10-11-14-22-20-15-17(2)12-13-19(20)18(3)16-21(22,4)5/h12-13,15,18H,6-11,14,16H2,1-5H3. The molecule has 0 spiro atoms. The zero-order chi connectivity index (χ0) is 16.2. The predicted octanol–water partition coefficient (Wildman–Crippen LogP) is 6.45. The third-order valence-electron chi connectivity index (χ3n) is 5.28. The highest BCUT2D eigenvalue weighted by molar-refractivity contribution is 5.60. The Balaban J connectivity index is 2.05. The van der Waals surface area contributed by atoms with E-state index >= 15 is 0 Å². The molecule has 2 rings (SSSR count). The fraction of sp³-hybridized carbons (Fsp3) is 0.714. The Kier molecular flexibility index (Phi) is 5.94. The van der Waals surface area contributed by atoms with E-state index < -0.39 is 0 Å². The maximum atomic E-state index is 2.69. The molecular weight excluding hydrogens is 266 g/mol. The molecule has 0 amide bonds. The van der Waals surface area contributed by atoms with Gasteiger partial charge >= 0.3 is 0 Å². The number of hydrogen-bond donors (Lipinski definition) is 0. The van der Waals surface area contributed by atoms with E-state index in [2.05, 4.69) is 57.7 Å². The lowest BCUT2D eigenvalue weighted by Crippen LogP contribution is -2.48. The molecule has 0 saturated heterocycles. The molecule has 1 heterocycles. The van der Waals surface area contributed by atoms with Crippen molar-refractivity contribution >= 4 is 5.69 Å². The maximum absolute atomic E-state index is 2.69. The Hall–Kier alpha value is -0.980. The summed E-state index contributed by atoms with van der Waals surface area (Å²) in [4.78, 5) is 2.69. The van der Waals surface area contributed by atoms with Crippen LogP contribution in [0.2, 0.25) is 0 Å². The van der Waals surface area contributed by atoms with Crippen molar-refractivity contribution in [2.75, 3.05) is 11.4 Å². The van der Waals surface area contributed by atoms with Crippen LogP contribution in [0.4, 0.5) is 5.69 Å². The predicted molar refractivity (Wildman–Crippen MR) is 99.0 cm³/mol. The number of unbranched alkanes of at least 4 members (excludes halogenated alkanes) is 5. The first kappa shape index (κ1) is 17.4. The van der Waals surface area contributed by atoms with E-state index in [0.29, 0.717) is 5.92 Å². The second-order valence-corrected chi connectivity index (χ2v) is 7.90. The van der Waals surface area contributed by atoms with Crippen LogP contribution < -0.4 is 4.90 Å². The highest BCUT2D eigenvalue weighted by atomic mass is 15.2. The number of aryl methyl sites for hydroxylation is 1. The molecule has 1 aliphatic heterocycles. The Morgan fingerprint density at radius 3 is 2.50 bits per heavy atom. The minimum absolute atomic E-state index is 0.281. The van der Waals surface area contributed by atoms with Gasteiger partial charge < -0.3 is 4.90 Å². The van der Waals surface area contributed by atoms with Crippen LogP contribution in [0.25, 0.3) is 0 Å². The van der Waals surface area contributed by atoms with E-state index in [1.54, 1.807) is 5.56 Å². The Bertz CT molecular complexity index is 475. The van der Waals surface area contributed by atoms with Gasteiger partial charge in [-0.3, -0.25) is 0 Å². The third-order valence-corrected chi connectivity index (χ3v) is 5.28. The summed E-state index contributed by atoms with van der Waals surface area (Å²) in [5, 5.41) is 0. The number of fused-ring (bicyclic) bond motifs is 1. The van der Waals surface area contributed by atoms with Crippen LogP contribution in [0, 0.1) is 6.92 Å². The molecule has 1 heteroatoms. The Labute approximate surface area is 138 Å². The summed E-state index contributed by atoms with van der Waals surface area (Å²) in [6.07, 6.45) is 9.52. The van der Waals surface area contributed by atoms with Gasteiger partial charge in [0, 0.05) is 17.8 Å². The third kappa shape index (κ3) is 4.06. The van der Waals surface area contributed by atoms with Gasteiger partial charge in [0.1, 0.15) is 0 Å². The largest absolute Gasteiger partial charge is 0.366 e. The lowest BCUT2D eigenvalue weighted by molar-refractivity contribution is 0.372. The molecule has 1 aromatic rings. The summed E-state index contributed by atoms with van der Waals surface area (Å²) >= 11 is 0. The molecule has 0 bridgehead atoms. The molecule has 0 fully saturated rings. The summed E-state index contributed by atoms with van der Waals surface area (Å²) in [6.45, 7) is 12.9. The van der Waals surface area contributed by atoms with Gasteiger partial charge in [-0.05, 0) is 56.7 Å². The van der Waals surface area contributed by atoms with E-state index in [9.17, 15) is 0 Å². The molecule has 0 saturated carbocycles. The monoisotopic (exact) mass is 301 g/mol. The molecule has 124 valence electrons.